The molecule has 1 aromatic carbocycles. The van der Waals surface area contributed by atoms with Crippen LogP contribution < -0.4 is 15.8 Å². The monoisotopic (exact) mass is 367 g/mol. The van der Waals surface area contributed by atoms with E-state index in [1.54, 1.807) is 25.3 Å². The number of hydrogen-bond donors (Lipinski definition) is 2. The molecule has 0 unspecified atom stereocenters. The molecular formula is C20H25N5O2. The molecule has 7 nitrogen and oxygen atoms in total. The third kappa shape index (κ3) is 3.72. The second kappa shape index (κ2) is 7.65. The van der Waals surface area contributed by atoms with Crippen LogP contribution in [-0.4, -0.2) is 34.1 Å². The van der Waals surface area contributed by atoms with Crippen LogP contribution in [0, 0.1) is 20.8 Å². The predicted octanol–water partition coefficient (Wildman–Crippen LogP) is 2.77. The molecule has 27 heavy (non-hydrogen) atoms. The Kier molecular flexibility index (Phi) is 5.30. The summed E-state index contributed by atoms with van der Waals surface area (Å²) in [6.45, 7) is 7.25. The molecule has 142 valence electrons. The van der Waals surface area contributed by atoms with Crippen LogP contribution in [0.3, 0.4) is 0 Å². The number of rotatable bonds is 6. The molecule has 0 aliphatic heterocycles. The number of benzene rings is 1. The number of nitrogens with one attached hydrogen (secondary N) is 1. The number of hydrogen-bond acceptors (Lipinski definition) is 5. The molecule has 3 rings (SSSR count). The lowest BCUT2D eigenvalue weighted by atomic mass is 10.2. The van der Waals surface area contributed by atoms with E-state index in [4.69, 9.17) is 10.5 Å². The van der Waals surface area contributed by atoms with Gasteiger partial charge in [-0.05, 0) is 51.0 Å². The van der Waals surface area contributed by atoms with Gasteiger partial charge in [0, 0.05) is 24.3 Å². The Bertz CT molecular complexity index is 994. The molecule has 2 heterocycles. The maximum atomic E-state index is 12.3. The van der Waals surface area contributed by atoms with Gasteiger partial charge in [0.15, 0.2) is 5.82 Å². The largest absolute Gasteiger partial charge is 0.497 e. The van der Waals surface area contributed by atoms with Crippen molar-refractivity contribution in [2.24, 2.45) is 0 Å². The first-order chi connectivity index (χ1) is 12.9. The molecule has 0 spiro atoms. The van der Waals surface area contributed by atoms with E-state index in [2.05, 4.69) is 19.9 Å². The smallest absolute Gasteiger partial charge is 0.251 e. The van der Waals surface area contributed by atoms with Crippen LogP contribution >= 0.6 is 0 Å². The number of anilines is 1. The molecule has 3 N–H and O–H groups in total. The highest BCUT2D eigenvalue weighted by molar-refractivity contribution is 5.94. The molecule has 0 saturated carbocycles. The number of pyridine rings is 1. The van der Waals surface area contributed by atoms with Crippen molar-refractivity contribution in [1.29, 1.82) is 0 Å². The number of amides is 1. The fraction of sp³-hybridized carbons (Fsp3) is 0.350. The minimum absolute atomic E-state index is 0.110. The second-order valence-electron chi connectivity index (χ2n) is 6.56. The van der Waals surface area contributed by atoms with E-state index in [1.807, 2.05) is 26.8 Å². The van der Waals surface area contributed by atoms with Gasteiger partial charge >= 0.3 is 0 Å². The third-order valence-electron chi connectivity index (χ3n) is 4.76. The first kappa shape index (κ1) is 18.7. The average Bonchev–Trinajstić information content (AvgIpc) is 3.00. The van der Waals surface area contributed by atoms with E-state index in [-0.39, 0.29) is 5.91 Å². The van der Waals surface area contributed by atoms with Gasteiger partial charge in [0.05, 0.1) is 12.6 Å². The molecule has 0 bridgehead atoms. The molecule has 1 amide bonds. The van der Waals surface area contributed by atoms with Crippen LogP contribution in [0.2, 0.25) is 0 Å². The Balaban J connectivity index is 1.67. The minimum Gasteiger partial charge on any atom is -0.497 e. The zero-order valence-electron chi connectivity index (χ0n) is 16.2. The lowest BCUT2D eigenvalue weighted by molar-refractivity contribution is 0.0952. The van der Waals surface area contributed by atoms with Crippen LogP contribution in [0.1, 0.15) is 33.9 Å². The summed E-state index contributed by atoms with van der Waals surface area (Å²) in [7, 11) is 1.58. The van der Waals surface area contributed by atoms with Crippen LogP contribution in [0.5, 0.6) is 5.75 Å². The van der Waals surface area contributed by atoms with E-state index < -0.39 is 0 Å². The number of carbonyl (C=O) groups is 1. The van der Waals surface area contributed by atoms with Gasteiger partial charge in [0.25, 0.3) is 5.91 Å². The predicted molar refractivity (Wildman–Crippen MR) is 106 cm³/mol. The third-order valence-corrected chi connectivity index (χ3v) is 4.76. The first-order valence-electron chi connectivity index (χ1n) is 8.94. The van der Waals surface area contributed by atoms with Crippen molar-refractivity contribution in [2.45, 2.75) is 33.7 Å². The van der Waals surface area contributed by atoms with Gasteiger partial charge in [-0.25, -0.2) is 9.97 Å². The van der Waals surface area contributed by atoms with Gasteiger partial charge in [0.1, 0.15) is 17.1 Å². The molecule has 0 radical (unpaired) electrons. The zero-order valence-corrected chi connectivity index (χ0v) is 16.2. The topological polar surface area (TPSA) is 95.1 Å². The van der Waals surface area contributed by atoms with Crippen molar-refractivity contribution in [3.63, 3.8) is 0 Å². The van der Waals surface area contributed by atoms with E-state index in [9.17, 15) is 4.79 Å². The number of aryl methyl sites for hydroxylation is 4. The molecule has 2 aromatic heterocycles. The van der Waals surface area contributed by atoms with Crippen LogP contribution in [0.15, 0.2) is 24.3 Å². The highest BCUT2D eigenvalue weighted by Gasteiger charge is 2.15. The summed E-state index contributed by atoms with van der Waals surface area (Å²) in [5.74, 6) is 1.91. The zero-order chi connectivity index (χ0) is 19.6. The van der Waals surface area contributed by atoms with Crippen LogP contribution in [-0.2, 0) is 6.54 Å². The Morgan fingerprint density at radius 1 is 1.26 bits per heavy atom. The number of nitrogens with zero attached hydrogens (tertiary/aromatic N) is 3. The Hall–Kier alpha value is -3.09. The van der Waals surface area contributed by atoms with Gasteiger partial charge < -0.3 is 20.4 Å². The van der Waals surface area contributed by atoms with Crippen molar-refractivity contribution in [3.05, 3.63) is 46.9 Å². The summed E-state index contributed by atoms with van der Waals surface area (Å²) in [5, 5.41) is 2.95. The SMILES string of the molecule is COc1cccc(C(=O)NCCCn2c(C)nc3c(N)nc(C)c(C)c32)c1. The number of aromatic nitrogens is 3. The Morgan fingerprint density at radius 2 is 2.04 bits per heavy atom. The van der Waals surface area contributed by atoms with Crippen molar-refractivity contribution in [2.75, 3.05) is 19.4 Å². The second-order valence-corrected chi connectivity index (χ2v) is 6.56. The number of imidazole rings is 1. The number of methoxy groups -OCH3 is 1. The molecule has 0 aliphatic carbocycles. The lowest BCUT2D eigenvalue weighted by Gasteiger charge is -2.11. The maximum Gasteiger partial charge on any atom is 0.251 e. The number of nitrogens with two attached hydrogens (primary N) is 1. The van der Waals surface area contributed by atoms with Gasteiger partial charge in [-0.15, -0.1) is 0 Å². The number of fused-ring (bicyclic) bond motifs is 1. The molecule has 0 aliphatic rings. The molecule has 3 aromatic rings. The Morgan fingerprint density at radius 3 is 2.78 bits per heavy atom. The van der Waals surface area contributed by atoms with E-state index >= 15 is 0 Å². The summed E-state index contributed by atoms with van der Waals surface area (Å²) < 4.78 is 7.30. The van der Waals surface area contributed by atoms with Crippen LogP contribution in [0.4, 0.5) is 5.82 Å². The summed E-state index contributed by atoms with van der Waals surface area (Å²) >= 11 is 0. The molecular weight excluding hydrogens is 342 g/mol. The lowest BCUT2D eigenvalue weighted by Crippen LogP contribution is -2.25. The number of carbonyl (C=O) groups excluding carboxylic acids is 1. The fourth-order valence-corrected chi connectivity index (χ4v) is 3.19. The van der Waals surface area contributed by atoms with Crippen molar-refractivity contribution < 1.29 is 9.53 Å². The Labute approximate surface area is 158 Å². The highest BCUT2D eigenvalue weighted by Crippen LogP contribution is 2.25. The maximum absolute atomic E-state index is 12.3. The fourth-order valence-electron chi connectivity index (χ4n) is 3.19. The summed E-state index contributed by atoms with van der Waals surface area (Å²) in [6, 6.07) is 7.12. The highest BCUT2D eigenvalue weighted by atomic mass is 16.5. The number of nitrogen functional groups attached to an aromatic ring is 1. The summed E-state index contributed by atoms with van der Waals surface area (Å²) in [6.07, 6.45) is 0.780. The summed E-state index contributed by atoms with van der Waals surface area (Å²) in [4.78, 5) is 21.2. The normalized spacial score (nSPS) is 11.0. The standard InChI is InChI=1S/C20H25N5O2/c1-12-13(2)23-19(21)17-18(12)25(14(3)24-17)10-6-9-22-20(26)15-7-5-8-16(11-15)27-4/h5,7-8,11H,6,9-10H2,1-4H3,(H2,21,23)(H,22,26). The van der Waals surface area contributed by atoms with Gasteiger partial charge in [-0.3, -0.25) is 4.79 Å². The van der Waals surface area contributed by atoms with E-state index in [0.29, 0.717) is 23.7 Å². The minimum atomic E-state index is -0.110. The first-order valence-corrected chi connectivity index (χ1v) is 8.94. The molecule has 0 atom stereocenters. The van der Waals surface area contributed by atoms with E-state index in [0.717, 1.165) is 41.1 Å². The van der Waals surface area contributed by atoms with Gasteiger partial charge in [-0.1, -0.05) is 6.07 Å². The quantitative estimate of drug-likeness (QED) is 0.653. The van der Waals surface area contributed by atoms with Crippen LogP contribution in [0.25, 0.3) is 11.0 Å². The van der Waals surface area contributed by atoms with E-state index in [1.165, 1.54) is 0 Å². The number of ether oxygens (including phenoxy) is 1. The van der Waals surface area contributed by atoms with Gasteiger partial charge in [0.2, 0.25) is 0 Å². The molecule has 0 fully saturated rings. The summed E-state index contributed by atoms with van der Waals surface area (Å²) in [5.41, 5.74) is 10.4. The van der Waals surface area contributed by atoms with Crippen molar-refractivity contribution >= 4 is 22.8 Å². The average molecular weight is 367 g/mol. The van der Waals surface area contributed by atoms with Gasteiger partial charge in [-0.2, -0.15) is 0 Å². The van der Waals surface area contributed by atoms with Crippen molar-refractivity contribution in [3.8, 4) is 5.75 Å². The van der Waals surface area contributed by atoms with Crippen molar-refractivity contribution in [1.82, 2.24) is 19.9 Å². The molecule has 0 saturated heterocycles. The molecule has 7 heteroatoms.